The molecule has 102 valence electrons. The van der Waals surface area contributed by atoms with Crippen LogP contribution < -0.4 is 10.1 Å². The highest BCUT2D eigenvalue weighted by atomic mass is 19.4. The number of benzene rings is 1. The molecule has 0 heterocycles. The fourth-order valence-electron chi connectivity index (χ4n) is 1.35. The second kappa shape index (κ2) is 7.23. The first kappa shape index (κ1) is 14.8. The van der Waals surface area contributed by atoms with Gasteiger partial charge in [0.25, 0.3) is 0 Å². The molecule has 1 aromatic rings. The third-order valence-electron chi connectivity index (χ3n) is 2.15. The normalized spacial score (nSPS) is 11.6. The molecule has 0 spiro atoms. The number of hydrogen-bond acceptors (Lipinski definition) is 3. The van der Waals surface area contributed by atoms with Crippen molar-refractivity contribution in [3.8, 4) is 5.75 Å². The van der Waals surface area contributed by atoms with Crippen molar-refractivity contribution >= 4 is 0 Å². The molecule has 3 nitrogen and oxygen atoms in total. The summed E-state index contributed by atoms with van der Waals surface area (Å²) in [4.78, 5) is 0. The van der Waals surface area contributed by atoms with Crippen molar-refractivity contribution in [3.63, 3.8) is 0 Å². The van der Waals surface area contributed by atoms with Gasteiger partial charge in [-0.2, -0.15) is 13.2 Å². The summed E-state index contributed by atoms with van der Waals surface area (Å²) in [6.07, 6.45) is -4.26. The zero-order valence-corrected chi connectivity index (χ0v) is 10.1. The molecule has 0 saturated carbocycles. The van der Waals surface area contributed by atoms with Crippen LogP contribution in [0.3, 0.4) is 0 Å². The average Bonchev–Trinajstić information content (AvgIpc) is 2.32. The summed E-state index contributed by atoms with van der Waals surface area (Å²) in [5, 5.41) is 2.99. The van der Waals surface area contributed by atoms with Gasteiger partial charge >= 0.3 is 6.18 Å². The second-order valence-electron chi connectivity index (χ2n) is 3.70. The average molecular weight is 263 g/mol. The Morgan fingerprint density at radius 1 is 1.28 bits per heavy atom. The van der Waals surface area contributed by atoms with Crippen molar-refractivity contribution in [2.75, 3.05) is 26.9 Å². The van der Waals surface area contributed by atoms with Crippen LogP contribution in [-0.2, 0) is 11.3 Å². The summed E-state index contributed by atoms with van der Waals surface area (Å²) >= 11 is 0. The van der Waals surface area contributed by atoms with Crippen LogP contribution in [0.4, 0.5) is 13.2 Å². The van der Waals surface area contributed by atoms with E-state index in [4.69, 9.17) is 4.74 Å². The molecule has 1 aromatic carbocycles. The number of methoxy groups -OCH3 is 1. The topological polar surface area (TPSA) is 30.5 Å². The van der Waals surface area contributed by atoms with Gasteiger partial charge in [-0.1, -0.05) is 12.1 Å². The third kappa shape index (κ3) is 6.46. The Balaban J connectivity index is 2.14. The number of nitrogens with one attached hydrogen (secondary N) is 1. The van der Waals surface area contributed by atoms with Crippen LogP contribution in [0.5, 0.6) is 5.75 Å². The first-order valence-electron chi connectivity index (χ1n) is 5.49. The summed E-state index contributed by atoms with van der Waals surface area (Å²) in [6, 6.07) is 7.46. The Morgan fingerprint density at radius 3 is 2.72 bits per heavy atom. The van der Waals surface area contributed by atoms with Crippen molar-refractivity contribution < 1.29 is 22.6 Å². The first-order chi connectivity index (χ1) is 8.51. The van der Waals surface area contributed by atoms with Crippen LogP contribution in [0.15, 0.2) is 24.3 Å². The molecule has 0 atom stereocenters. The lowest BCUT2D eigenvalue weighted by atomic mass is 10.2. The van der Waals surface area contributed by atoms with Crippen LogP contribution in [0, 0.1) is 0 Å². The molecule has 0 aromatic heterocycles. The van der Waals surface area contributed by atoms with E-state index in [9.17, 15) is 13.2 Å². The lowest BCUT2D eigenvalue weighted by molar-refractivity contribution is -0.173. The number of rotatable bonds is 7. The van der Waals surface area contributed by atoms with Crippen molar-refractivity contribution in [1.29, 1.82) is 0 Å². The van der Waals surface area contributed by atoms with Gasteiger partial charge in [-0.05, 0) is 17.7 Å². The minimum atomic E-state index is -4.26. The van der Waals surface area contributed by atoms with E-state index in [-0.39, 0.29) is 6.61 Å². The van der Waals surface area contributed by atoms with E-state index in [1.54, 1.807) is 7.11 Å². The van der Waals surface area contributed by atoms with E-state index in [1.807, 2.05) is 24.3 Å². The van der Waals surface area contributed by atoms with Gasteiger partial charge in [0, 0.05) is 13.1 Å². The molecule has 0 aliphatic rings. The van der Waals surface area contributed by atoms with E-state index in [2.05, 4.69) is 10.1 Å². The van der Waals surface area contributed by atoms with Gasteiger partial charge in [0.2, 0.25) is 0 Å². The van der Waals surface area contributed by atoms with Crippen LogP contribution in [0.1, 0.15) is 5.56 Å². The van der Waals surface area contributed by atoms with Crippen LogP contribution in [-0.4, -0.2) is 33.0 Å². The predicted octanol–water partition coefficient (Wildman–Crippen LogP) is 2.36. The summed E-state index contributed by atoms with van der Waals surface area (Å²) in [7, 11) is 1.58. The standard InChI is InChI=1S/C12H16F3NO2/c1-17-11-4-2-3-10(7-11)8-16-5-6-18-9-12(13,14)15/h2-4,7,16H,5-6,8-9H2,1H3. The Morgan fingerprint density at radius 2 is 2.06 bits per heavy atom. The van der Waals surface area contributed by atoms with Crippen LogP contribution in [0.25, 0.3) is 0 Å². The Bertz CT molecular complexity index is 355. The molecule has 0 radical (unpaired) electrons. The first-order valence-corrected chi connectivity index (χ1v) is 5.49. The zero-order chi connectivity index (χ0) is 13.4. The summed E-state index contributed by atoms with van der Waals surface area (Å²) in [5.74, 6) is 0.752. The van der Waals surface area contributed by atoms with Gasteiger partial charge in [0.05, 0.1) is 13.7 Å². The Kier molecular flexibility index (Phi) is 5.94. The lowest BCUT2D eigenvalue weighted by Gasteiger charge is -2.09. The van der Waals surface area contributed by atoms with E-state index >= 15 is 0 Å². The molecule has 0 bridgehead atoms. The van der Waals surface area contributed by atoms with Crippen LogP contribution >= 0.6 is 0 Å². The number of hydrogen-bond donors (Lipinski definition) is 1. The fourth-order valence-corrected chi connectivity index (χ4v) is 1.35. The van der Waals surface area contributed by atoms with Crippen molar-refractivity contribution in [3.05, 3.63) is 29.8 Å². The summed E-state index contributed by atoms with van der Waals surface area (Å²) in [6.45, 7) is -0.239. The fraction of sp³-hybridized carbons (Fsp3) is 0.500. The van der Waals surface area contributed by atoms with Crippen molar-refractivity contribution in [2.45, 2.75) is 12.7 Å². The third-order valence-corrected chi connectivity index (χ3v) is 2.15. The molecule has 0 fully saturated rings. The molecule has 6 heteroatoms. The van der Waals surface area contributed by atoms with E-state index in [0.717, 1.165) is 11.3 Å². The summed E-state index contributed by atoms with van der Waals surface area (Å²) in [5.41, 5.74) is 1.00. The molecule has 18 heavy (non-hydrogen) atoms. The minimum absolute atomic E-state index is 0.0312. The van der Waals surface area contributed by atoms with Crippen LogP contribution in [0.2, 0.25) is 0 Å². The Labute approximate surface area is 104 Å². The maximum Gasteiger partial charge on any atom is 0.411 e. The van der Waals surface area contributed by atoms with E-state index in [0.29, 0.717) is 13.1 Å². The predicted molar refractivity (Wildman–Crippen MR) is 61.6 cm³/mol. The van der Waals surface area contributed by atoms with Gasteiger partial charge in [-0.3, -0.25) is 0 Å². The van der Waals surface area contributed by atoms with Crippen molar-refractivity contribution in [1.82, 2.24) is 5.32 Å². The zero-order valence-electron chi connectivity index (χ0n) is 10.1. The maximum absolute atomic E-state index is 11.8. The molecule has 0 amide bonds. The molecule has 0 unspecified atom stereocenters. The molecule has 0 aliphatic carbocycles. The molecular formula is C12H16F3NO2. The van der Waals surface area contributed by atoms with Gasteiger partial charge in [-0.25, -0.2) is 0 Å². The lowest BCUT2D eigenvalue weighted by Crippen LogP contribution is -2.23. The number of ether oxygens (including phenoxy) is 2. The monoisotopic (exact) mass is 263 g/mol. The molecular weight excluding hydrogens is 247 g/mol. The van der Waals surface area contributed by atoms with Gasteiger partial charge in [-0.15, -0.1) is 0 Å². The highest BCUT2D eigenvalue weighted by Crippen LogP contribution is 2.14. The smallest absolute Gasteiger partial charge is 0.411 e. The molecule has 0 aliphatic heterocycles. The second-order valence-corrected chi connectivity index (χ2v) is 3.70. The number of halogens is 3. The Hall–Kier alpha value is -1.27. The van der Waals surface area contributed by atoms with Gasteiger partial charge < -0.3 is 14.8 Å². The number of alkyl halides is 3. The quantitative estimate of drug-likeness (QED) is 0.766. The van der Waals surface area contributed by atoms with Gasteiger partial charge in [0.15, 0.2) is 0 Å². The minimum Gasteiger partial charge on any atom is -0.497 e. The largest absolute Gasteiger partial charge is 0.497 e. The van der Waals surface area contributed by atoms with Crippen molar-refractivity contribution in [2.24, 2.45) is 0 Å². The molecule has 1 N–H and O–H groups in total. The van der Waals surface area contributed by atoms with E-state index < -0.39 is 12.8 Å². The van der Waals surface area contributed by atoms with E-state index in [1.165, 1.54) is 0 Å². The highest BCUT2D eigenvalue weighted by molar-refractivity contribution is 5.28. The molecule has 0 saturated heterocycles. The SMILES string of the molecule is COc1cccc(CNCCOCC(F)(F)F)c1. The van der Waals surface area contributed by atoms with Gasteiger partial charge in [0.1, 0.15) is 12.4 Å². The highest BCUT2D eigenvalue weighted by Gasteiger charge is 2.27. The maximum atomic E-state index is 11.8. The molecule has 1 rings (SSSR count). The summed E-state index contributed by atoms with van der Waals surface area (Å²) < 4.78 is 44.8.